The average molecular weight is 394 g/mol. The van der Waals surface area contributed by atoms with Crippen molar-refractivity contribution in [2.24, 2.45) is 14.1 Å². The van der Waals surface area contributed by atoms with Crippen LogP contribution in [-0.4, -0.2) is 46.8 Å². The summed E-state index contributed by atoms with van der Waals surface area (Å²) in [4.78, 5) is 39.9. The number of hydrogen-bond acceptors (Lipinski definition) is 6. The molecule has 2 aromatic heterocycles. The van der Waals surface area contributed by atoms with Crippen LogP contribution in [0.2, 0.25) is 0 Å². The van der Waals surface area contributed by atoms with Gasteiger partial charge < -0.3 is 15.4 Å². The minimum absolute atomic E-state index is 0. The monoisotopic (exact) mass is 393 g/mol. The molecule has 2 aromatic rings. The molecule has 140 valence electrons. The van der Waals surface area contributed by atoms with E-state index in [0.717, 1.165) is 4.57 Å². The lowest BCUT2D eigenvalue weighted by Gasteiger charge is -2.09. The van der Waals surface area contributed by atoms with Crippen molar-refractivity contribution in [3.63, 3.8) is 0 Å². The molecule has 9 nitrogen and oxygen atoms in total. The quantitative estimate of drug-likeness (QED) is 0.649. The number of pyridine rings is 1. The van der Waals surface area contributed by atoms with Gasteiger partial charge in [0.2, 0.25) is 5.91 Å². The number of methoxy groups -OCH3 is 1. The third-order valence-corrected chi connectivity index (χ3v) is 3.35. The zero-order valence-electron chi connectivity index (χ0n) is 14.1. The molecule has 0 aromatic carbocycles. The van der Waals surface area contributed by atoms with Crippen LogP contribution in [0.25, 0.3) is 11.0 Å². The SMILES string of the molecule is COCCNCC(=O)Nc1cnc2c(c1)c(=O)n(C)c(=O)n2C.Cl.Cl. The molecule has 1 amide bonds. The first-order chi connectivity index (χ1) is 11.0. The smallest absolute Gasteiger partial charge is 0.332 e. The predicted octanol–water partition coefficient (Wildman–Crippen LogP) is -0.350. The maximum absolute atomic E-state index is 12.2. The summed E-state index contributed by atoms with van der Waals surface area (Å²) in [6.07, 6.45) is 1.41. The first-order valence-corrected chi connectivity index (χ1v) is 7.01. The van der Waals surface area contributed by atoms with E-state index in [0.29, 0.717) is 18.8 Å². The third kappa shape index (κ3) is 5.27. The maximum Gasteiger partial charge on any atom is 0.332 e. The molecule has 0 aliphatic carbocycles. The molecular formula is C14H21Cl2N5O4. The topological polar surface area (TPSA) is 107 Å². The number of fused-ring (bicyclic) bond motifs is 1. The molecule has 0 bridgehead atoms. The van der Waals surface area contributed by atoms with Crippen LogP contribution in [0.5, 0.6) is 0 Å². The van der Waals surface area contributed by atoms with Gasteiger partial charge in [0.1, 0.15) is 5.65 Å². The molecule has 11 heteroatoms. The molecule has 0 radical (unpaired) electrons. The molecule has 0 fully saturated rings. The van der Waals surface area contributed by atoms with Gasteiger partial charge in [-0.05, 0) is 6.07 Å². The van der Waals surface area contributed by atoms with Gasteiger partial charge in [0.05, 0.1) is 30.4 Å². The Morgan fingerprint density at radius 2 is 1.92 bits per heavy atom. The minimum atomic E-state index is -0.454. The Bertz CT molecular complexity index is 849. The van der Waals surface area contributed by atoms with E-state index >= 15 is 0 Å². The fraction of sp³-hybridized carbons (Fsp3) is 0.429. The zero-order chi connectivity index (χ0) is 17.0. The first kappa shape index (κ1) is 23.1. The van der Waals surface area contributed by atoms with Gasteiger partial charge in [-0.15, -0.1) is 24.8 Å². The van der Waals surface area contributed by atoms with Crippen LogP contribution in [0, 0.1) is 0 Å². The summed E-state index contributed by atoms with van der Waals surface area (Å²) in [6, 6.07) is 1.51. The zero-order valence-corrected chi connectivity index (χ0v) is 15.7. The Labute approximate surface area is 156 Å². The van der Waals surface area contributed by atoms with Crippen molar-refractivity contribution >= 4 is 47.4 Å². The van der Waals surface area contributed by atoms with E-state index in [1.807, 2.05) is 0 Å². The van der Waals surface area contributed by atoms with Crippen LogP contribution in [0.3, 0.4) is 0 Å². The molecule has 0 saturated carbocycles. The highest BCUT2D eigenvalue weighted by atomic mass is 35.5. The molecule has 2 heterocycles. The number of amides is 1. The summed E-state index contributed by atoms with van der Waals surface area (Å²) in [5, 5.41) is 5.83. The number of nitrogens with one attached hydrogen (secondary N) is 2. The van der Waals surface area contributed by atoms with Crippen molar-refractivity contribution in [1.29, 1.82) is 0 Å². The summed E-state index contributed by atoms with van der Waals surface area (Å²) in [5.74, 6) is -0.260. The number of ether oxygens (including phenoxy) is 1. The summed E-state index contributed by atoms with van der Waals surface area (Å²) >= 11 is 0. The van der Waals surface area contributed by atoms with Crippen molar-refractivity contribution in [3.8, 4) is 0 Å². The van der Waals surface area contributed by atoms with Crippen LogP contribution >= 0.6 is 24.8 Å². The Hall–Kier alpha value is -1.94. The standard InChI is InChI=1S/C14H19N5O4.2ClH/c1-18-12-10(13(21)19(2)14(18)22)6-9(7-16-12)17-11(20)8-15-4-5-23-3;;/h6-7,15H,4-5,8H2,1-3H3,(H,17,20);2*1H. The van der Waals surface area contributed by atoms with E-state index in [4.69, 9.17) is 4.74 Å². The largest absolute Gasteiger partial charge is 0.383 e. The Morgan fingerprint density at radius 1 is 1.24 bits per heavy atom. The van der Waals surface area contributed by atoms with Crippen molar-refractivity contribution in [2.75, 3.05) is 32.1 Å². The third-order valence-electron chi connectivity index (χ3n) is 3.35. The van der Waals surface area contributed by atoms with Crippen LogP contribution in [0.1, 0.15) is 0 Å². The highest BCUT2D eigenvalue weighted by Gasteiger charge is 2.11. The molecule has 25 heavy (non-hydrogen) atoms. The van der Waals surface area contributed by atoms with Crippen molar-refractivity contribution in [3.05, 3.63) is 33.1 Å². The van der Waals surface area contributed by atoms with Gasteiger partial charge in [0.25, 0.3) is 5.56 Å². The van der Waals surface area contributed by atoms with E-state index in [9.17, 15) is 14.4 Å². The van der Waals surface area contributed by atoms with E-state index in [1.54, 1.807) is 7.11 Å². The van der Waals surface area contributed by atoms with Crippen LogP contribution < -0.4 is 21.9 Å². The molecule has 0 aliphatic heterocycles. The number of anilines is 1. The summed E-state index contributed by atoms with van der Waals surface area (Å²) in [6.45, 7) is 1.18. The van der Waals surface area contributed by atoms with Gasteiger partial charge in [-0.2, -0.15) is 0 Å². The average Bonchev–Trinajstić information content (AvgIpc) is 2.55. The second kappa shape index (κ2) is 10.1. The van der Waals surface area contributed by atoms with Gasteiger partial charge in [0, 0.05) is 27.7 Å². The molecule has 0 unspecified atom stereocenters. The molecule has 0 saturated heterocycles. The molecule has 0 spiro atoms. The number of nitrogens with zero attached hydrogens (tertiary/aromatic N) is 3. The van der Waals surface area contributed by atoms with E-state index in [-0.39, 0.29) is 48.3 Å². The number of aromatic nitrogens is 3. The van der Waals surface area contributed by atoms with Crippen LogP contribution in [0.4, 0.5) is 5.69 Å². The van der Waals surface area contributed by atoms with Crippen molar-refractivity contribution in [1.82, 2.24) is 19.4 Å². The normalized spacial score (nSPS) is 10.0. The Morgan fingerprint density at radius 3 is 2.56 bits per heavy atom. The van der Waals surface area contributed by atoms with E-state index in [2.05, 4.69) is 15.6 Å². The van der Waals surface area contributed by atoms with Gasteiger partial charge in [-0.1, -0.05) is 0 Å². The molecule has 0 atom stereocenters. The number of carbonyl (C=O) groups is 1. The highest BCUT2D eigenvalue weighted by Crippen LogP contribution is 2.11. The summed E-state index contributed by atoms with van der Waals surface area (Å²) in [5.41, 5.74) is -0.236. The lowest BCUT2D eigenvalue weighted by molar-refractivity contribution is -0.115. The fourth-order valence-corrected chi connectivity index (χ4v) is 2.12. The molecule has 0 aliphatic rings. The summed E-state index contributed by atoms with van der Waals surface area (Å²) in [7, 11) is 4.51. The second-order valence-corrected chi connectivity index (χ2v) is 5.02. The van der Waals surface area contributed by atoms with Crippen molar-refractivity contribution < 1.29 is 9.53 Å². The lowest BCUT2D eigenvalue weighted by atomic mass is 10.3. The van der Waals surface area contributed by atoms with Crippen molar-refractivity contribution in [2.45, 2.75) is 0 Å². The van der Waals surface area contributed by atoms with Crippen LogP contribution in [0.15, 0.2) is 21.9 Å². The molecule has 2 N–H and O–H groups in total. The summed E-state index contributed by atoms with van der Waals surface area (Å²) < 4.78 is 7.15. The number of aryl methyl sites for hydroxylation is 1. The fourth-order valence-electron chi connectivity index (χ4n) is 2.12. The van der Waals surface area contributed by atoms with Gasteiger partial charge in [-0.3, -0.25) is 18.7 Å². The van der Waals surface area contributed by atoms with E-state index in [1.165, 1.54) is 30.9 Å². The first-order valence-electron chi connectivity index (χ1n) is 7.01. The Balaban J connectivity index is 0.00000288. The second-order valence-electron chi connectivity index (χ2n) is 5.02. The number of carbonyl (C=O) groups excluding carboxylic acids is 1. The highest BCUT2D eigenvalue weighted by molar-refractivity contribution is 5.93. The maximum atomic E-state index is 12.2. The van der Waals surface area contributed by atoms with Gasteiger partial charge in [-0.25, -0.2) is 9.78 Å². The number of rotatable bonds is 6. The number of halogens is 2. The minimum Gasteiger partial charge on any atom is -0.383 e. The van der Waals surface area contributed by atoms with Gasteiger partial charge >= 0.3 is 5.69 Å². The lowest BCUT2D eigenvalue weighted by Crippen LogP contribution is -2.37. The Kier molecular flexibility index (Phi) is 9.35. The van der Waals surface area contributed by atoms with E-state index < -0.39 is 11.2 Å². The number of hydrogen-bond donors (Lipinski definition) is 2. The molecule has 2 rings (SSSR count). The predicted molar refractivity (Wildman–Crippen MR) is 100 cm³/mol. The molecular weight excluding hydrogens is 373 g/mol. The van der Waals surface area contributed by atoms with Crippen LogP contribution in [-0.2, 0) is 23.6 Å². The van der Waals surface area contributed by atoms with Gasteiger partial charge in [0.15, 0.2) is 0 Å².